The standard InChI is InChI=1S/C11H18F3NO4/c1-6(11(12,13)14)5-7(8(16)17)15-9(18)19-10(2,3)4/h6-7H,5H2,1-4H3,(H,15,18)(H,16,17)/t6?,7-/m0/s1. The Morgan fingerprint density at radius 3 is 2.05 bits per heavy atom. The third-order valence-electron chi connectivity index (χ3n) is 2.14. The quantitative estimate of drug-likeness (QED) is 0.832. The second kappa shape index (κ2) is 6.12. The Bertz CT molecular complexity index is 336. The van der Waals surface area contributed by atoms with Crippen molar-refractivity contribution in [2.75, 3.05) is 0 Å². The van der Waals surface area contributed by atoms with Gasteiger partial charge in [0.1, 0.15) is 11.6 Å². The van der Waals surface area contributed by atoms with Gasteiger partial charge in [-0.3, -0.25) is 0 Å². The fraction of sp³-hybridized carbons (Fsp3) is 0.818. The number of carbonyl (C=O) groups excluding carboxylic acids is 1. The van der Waals surface area contributed by atoms with E-state index in [0.29, 0.717) is 0 Å². The van der Waals surface area contributed by atoms with Crippen molar-refractivity contribution in [3.63, 3.8) is 0 Å². The average Bonchev–Trinajstić information content (AvgIpc) is 2.11. The predicted molar refractivity (Wildman–Crippen MR) is 60.6 cm³/mol. The maximum Gasteiger partial charge on any atom is 0.408 e. The van der Waals surface area contributed by atoms with Gasteiger partial charge in [0.25, 0.3) is 0 Å². The largest absolute Gasteiger partial charge is 0.480 e. The van der Waals surface area contributed by atoms with Crippen LogP contribution in [0.4, 0.5) is 18.0 Å². The molecule has 0 spiro atoms. The van der Waals surface area contributed by atoms with E-state index in [1.807, 2.05) is 5.32 Å². The zero-order valence-electron chi connectivity index (χ0n) is 11.2. The molecule has 0 radical (unpaired) electrons. The molecule has 2 N–H and O–H groups in total. The van der Waals surface area contributed by atoms with E-state index >= 15 is 0 Å². The van der Waals surface area contributed by atoms with E-state index in [9.17, 15) is 22.8 Å². The topological polar surface area (TPSA) is 75.6 Å². The van der Waals surface area contributed by atoms with Crippen molar-refractivity contribution in [3.05, 3.63) is 0 Å². The van der Waals surface area contributed by atoms with Crippen molar-refractivity contribution in [3.8, 4) is 0 Å². The van der Waals surface area contributed by atoms with Gasteiger partial charge in [0.2, 0.25) is 0 Å². The van der Waals surface area contributed by atoms with Gasteiger partial charge < -0.3 is 15.2 Å². The molecule has 1 unspecified atom stereocenters. The highest BCUT2D eigenvalue weighted by molar-refractivity contribution is 5.80. The van der Waals surface area contributed by atoms with Crippen LogP contribution in [0, 0.1) is 5.92 Å². The van der Waals surface area contributed by atoms with E-state index in [1.165, 1.54) is 0 Å². The number of alkyl carbamates (subject to hydrolysis) is 1. The summed E-state index contributed by atoms with van der Waals surface area (Å²) in [6.07, 6.45) is -6.32. The second-order valence-electron chi connectivity index (χ2n) is 5.22. The van der Waals surface area contributed by atoms with E-state index in [0.717, 1.165) is 6.92 Å². The summed E-state index contributed by atoms with van der Waals surface area (Å²) >= 11 is 0. The number of carboxylic acid groups (broad SMARTS) is 1. The Kier molecular flexibility index (Phi) is 5.64. The number of ether oxygens (including phenoxy) is 1. The van der Waals surface area contributed by atoms with E-state index in [1.54, 1.807) is 20.8 Å². The number of amides is 1. The zero-order chi connectivity index (χ0) is 15.4. The Hall–Kier alpha value is -1.47. The van der Waals surface area contributed by atoms with Crippen LogP contribution < -0.4 is 5.32 Å². The van der Waals surface area contributed by atoms with Gasteiger partial charge in [-0.25, -0.2) is 9.59 Å². The normalized spacial score (nSPS) is 15.5. The average molecular weight is 285 g/mol. The van der Waals surface area contributed by atoms with Crippen LogP contribution in [0.2, 0.25) is 0 Å². The molecule has 0 aliphatic carbocycles. The summed E-state index contributed by atoms with van der Waals surface area (Å²) in [5, 5.41) is 10.7. The minimum Gasteiger partial charge on any atom is -0.480 e. The predicted octanol–water partition coefficient (Wildman–Crippen LogP) is 2.55. The van der Waals surface area contributed by atoms with Gasteiger partial charge in [-0.05, 0) is 27.2 Å². The lowest BCUT2D eigenvalue weighted by Crippen LogP contribution is -2.45. The molecular formula is C11H18F3NO4. The summed E-state index contributed by atoms with van der Waals surface area (Å²) in [4.78, 5) is 22.2. The minimum atomic E-state index is -4.51. The molecule has 0 heterocycles. The summed E-state index contributed by atoms with van der Waals surface area (Å²) < 4.78 is 41.8. The molecule has 19 heavy (non-hydrogen) atoms. The SMILES string of the molecule is CC(C[C@H](NC(=O)OC(C)(C)C)C(=O)O)C(F)(F)F. The molecule has 0 bridgehead atoms. The van der Waals surface area contributed by atoms with Crippen molar-refractivity contribution >= 4 is 12.1 Å². The van der Waals surface area contributed by atoms with E-state index < -0.39 is 42.2 Å². The fourth-order valence-corrected chi connectivity index (χ4v) is 1.16. The number of halogens is 3. The molecule has 0 aliphatic rings. The first-order chi connectivity index (χ1) is 8.33. The van der Waals surface area contributed by atoms with Gasteiger partial charge >= 0.3 is 18.2 Å². The summed E-state index contributed by atoms with van der Waals surface area (Å²) in [5.41, 5.74) is -0.858. The first kappa shape index (κ1) is 17.5. The van der Waals surface area contributed by atoms with E-state index in [4.69, 9.17) is 9.84 Å². The molecule has 0 aromatic rings. The lowest BCUT2D eigenvalue weighted by atomic mass is 10.0. The third kappa shape index (κ3) is 7.53. The number of alkyl halides is 3. The van der Waals surface area contributed by atoms with Crippen molar-refractivity contribution < 1.29 is 32.6 Å². The summed E-state index contributed by atoms with van der Waals surface area (Å²) in [6.45, 7) is 5.52. The Morgan fingerprint density at radius 1 is 1.26 bits per heavy atom. The molecule has 1 amide bonds. The van der Waals surface area contributed by atoms with Crippen LogP contribution in [0.1, 0.15) is 34.1 Å². The maximum absolute atomic E-state index is 12.3. The number of hydrogen-bond donors (Lipinski definition) is 2. The number of aliphatic carboxylic acids is 1. The van der Waals surface area contributed by atoms with Crippen LogP contribution in [0.25, 0.3) is 0 Å². The van der Waals surface area contributed by atoms with E-state index in [-0.39, 0.29) is 0 Å². The summed E-state index contributed by atoms with van der Waals surface area (Å²) in [5.74, 6) is -3.38. The summed E-state index contributed by atoms with van der Waals surface area (Å²) in [6, 6.07) is -1.65. The molecule has 0 fully saturated rings. The van der Waals surface area contributed by atoms with Crippen molar-refractivity contribution in [1.82, 2.24) is 5.32 Å². The van der Waals surface area contributed by atoms with Crippen LogP contribution in [0.5, 0.6) is 0 Å². The highest BCUT2D eigenvalue weighted by atomic mass is 19.4. The monoisotopic (exact) mass is 285 g/mol. The molecule has 2 atom stereocenters. The van der Waals surface area contributed by atoms with Crippen LogP contribution in [0.3, 0.4) is 0 Å². The molecule has 0 aliphatic heterocycles. The smallest absolute Gasteiger partial charge is 0.408 e. The van der Waals surface area contributed by atoms with Gasteiger partial charge in [-0.1, -0.05) is 6.92 Å². The van der Waals surface area contributed by atoms with Crippen molar-refractivity contribution in [1.29, 1.82) is 0 Å². The molecule has 0 saturated carbocycles. The Morgan fingerprint density at radius 2 is 1.74 bits per heavy atom. The summed E-state index contributed by atoms with van der Waals surface area (Å²) in [7, 11) is 0. The fourth-order valence-electron chi connectivity index (χ4n) is 1.16. The third-order valence-corrected chi connectivity index (χ3v) is 2.14. The molecule has 0 aromatic heterocycles. The Balaban J connectivity index is 4.60. The Labute approximate surface area is 109 Å². The van der Waals surface area contributed by atoms with Gasteiger partial charge in [0.15, 0.2) is 0 Å². The highest BCUT2D eigenvalue weighted by Crippen LogP contribution is 2.29. The molecule has 5 nitrogen and oxygen atoms in total. The maximum atomic E-state index is 12.3. The zero-order valence-corrected chi connectivity index (χ0v) is 11.2. The van der Waals surface area contributed by atoms with Gasteiger partial charge in [-0.15, -0.1) is 0 Å². The number of rotatable bonds is 4. The minimum absolute atomic E-state index is 0.752. The van der Waals surface area contributed by atoms with Crippen LogP contribution in [0.15, 0.2) is 0 Å². The highest BCUT2D eigenvalue weighted by Gasteiger charge is 2.39. The van der Waals surface area contributed by atoms with Gasteiger partial charge in [-0.2, -0.15) is 13.2 Å². The van der Waals surface area contributed by atoms with Crippen LogP contribution in [-0.4, -0.2) is 35.0 Å². The molecule has 0 rings (SSSR count). The van der Waals surface area contributed by atoms with Crippen LogP contribution in [-0.2, 0) is 9.53 Å². The lowest BCUT2D eigenvalue weighted by Gasteiger charge is -2.24. The molecule has 112 valence electrons. The van der Waals surface area contributed by atoms with Crippen molar-refractivity contribution in [2.24, 2.45) is 5.92 Å². The number of carbonyl (C=O) groups is 2. The number of hydrogen-bond acceptors (Lipinski definition) is 3. The van der Waals surface area contributed by atoms with Crippen LogP contribution >= 0.6 is 0 Å². The molecule has 8 heteroatoms. The molecule has 0 aromatic carbocycles. The second-order valence-corrected chi connectivity index (χ2v) is 5.22. The number of carboxylic acids is 1. The lowest BCUT2D eigenvalue weighted by molar-refractivity contribution is -0.174. The van der Waals surface area contributed by atoms with Crippen molar-refractivity contribution in [2.45, 2.75) is 51.9 Å². The first-order valence-electron chi connectivity index (χ1n) is 5.62. The van der Waals surface area contributed by atoms with E-state index in [2.05, 4.69) is 0 Å². The number of nitrogens with one attached hydrogen (secondary N) is 1. The van der Waals surface area contributed by atoms with Gasteiger partial charge in [0.05, 0.1) is 5.92 Å². The molecule has 0 saturated heterocycles. The first-order valence-corrected chi connectivity index (χ1v) is 5.62. The molecular weight excluding hydrogens is 267 g/mol. The van der Waals surface area contributed by atoms with Gasteiger partial charge in [0, 0.05) is 0 Å².